The first-order valence-electron chi connectivity index (χ1n) is 15.9. The lowest BCUT2D eigenvalue weighted by Crippen LogP contribution is -1.93. The van der Waals surface area contributed by atoms with E-state index < -0.39 is 0 Å². The Kier molecular flexibility index (Phi) is 8.24. The SMILES string of the molecule is O=c1c2cccnc2c2c1sc1c(=O)c3cccnc3c12.[C-]#[N+]/C(C#N)=C1/c2cccnc2-c2c1sc1c2-c2ncccc2/C1=C(/C#N)[N+]#[C-].[C-]#[N+]CC#N. The van der Waals surface area contributed by atoms with E-state index in [9.17, 15) is 20.1 Å². The van der Waals surface area contributed by atoms with Crippen LogP contribution in [0.3, 0.4) is 0 Å². The Morgan fingerprint density at radius 3 is 1.45 bits per heavy atom. The molecule has 0 N–H and O–H groups in total. The van der Waals surface area contributed by atoms with E-state index in [1.54, 1.807) is 67.3 Å². The van der Waals surface area contributed by atoms with Gasteiger partial charge in [-0.05, 0) is 47.5 Å². The quantitative estimate of drug-likeness (QED) is 0.0846. The fourth-order valence-electron chi connectivity index (χ4n) is 6.89. The molecular weight excluding hydrogens is 729 g/mol. The van der Waals surface area contributed by atoms with Gasteiger partial charge in [-0.25, -0.2) is 26.8 Å². The van der Waals surface area contributed by atoms with Gasteiger partial charge in [0, 0.05) is 78.4 Å². The third-order valence-corrected chi connectivity index (χ3v) is 11.4. The third kappa shape index (κ3) is 4.90. The second-order valence-corrected chi connectivity index (χ2v) is 13.7. The van der Waals surface area contributed by atoms with E-state index in [4.69, 9.17) is 25.0 Å². The smallest absolute Gasteiger partial charge is 0.298 e. The number of allylic oxidation sites excluding steroid dienone is 2. The van der Waals surface area contributed by atoms with Gasteiger partial charge >= 0.3 is 0 Å². The van der Waals surface area contributed by atoms with Crippen LogP contribution < -0.4 is 10.9 Å². The molecule has 0 spiro atoms. The molecule has 8 aromatic rings. The maximum atomic E-state index is 12.5. The van der Waals surface area contributed by atoms with E-state index in [1.807, 2.05) is 24.3 Å². The second-order valence-electron chi connectivity index (χ2n) is 11.6. The molecule has 0 saturated carbocycles. The van der Waals surface area contributed by atoms with Crippen LogP contribution in [0.4, 0.5) is 0 Å². The summed E-state index contributed by atoms with van der Waals surface area (Å²) >= 11 is 2.64. The number of rotatable bonds is 0. The summed E-state index contributed by atoms with van der Waals surface area (Å²) in [6, 6.07) is 20.0. The minimum absolute atomic E-state index is 0.00427. The van der Waals surface area contributed by atoms with Crippen LogP contribution in [0.15, 0.2) is 94.3 Å². The Labute approximate surface area is 317 Å². The van der Waals surface area contributed by atoms with E-state index >= 15 is 0 Å². The average molecular weight is 743 g/mol. The summed E-state index contributed by atoms with van der Waals surface area (Å²) < 4.78 is 1.22. The van der Waals surface area contributed by atoms with Gasteiger partial charge in [0.25, 0.3) is 17.9 Å². The molecule has 0 amide bonds. The highest BCUT2D eigenvalue weighted by Crippen LogP contribution is 2.60. The van der Waals surface area contributed by atoms with E-state index in [0.717, 1.165) is 42.8 Å². The first-order valence-corrected chi connectivity index (χ1v) is 17.6. The number of nitrogens with zero attached hydrogens (tertiary/aromatic N) is 10. The zero-order chi connectivity index (χ0) is 38.4. The molecule has 10 rings (SSSR count). The van der Waals surface area contributed by atoms with Gasteiger partial charge in [-0.1, -0.05) is 12.1 Å². The van der Waals surface area contributed by atoms with Crippen molar-refractivity contribution in [1.82, 2.24) is 19.9 Å². The highest BCUT2D eigenvalue weighted by atomic mass is 32.1. The molecule has 2 aliphatic rings. The van der Waals surface area contributed by atoms with Crippen LogP contribution >= 0.6 is 22.7 Å². The Hall–Kier alpha value is -8.24. The summed E-state index contributed by atoms with van der Waals surface area (Å²) in [5.74, 6) is 0. The van der Waals surface area contributed by atoms with E-state index in [-0.39, 0.29) is 28.8 Å². The maximum Gasteiger partial charge on any atom is 0.298 e. The van der Waals surface area contributed by atoms with Crippen LogP contribution in [0.25, 0.3) is 90.2 Å². The van der Waals surface area contributed by atoms with Crippen molar-refractivity contribution in [2.24, 2.45) is 0 Å². The second kappa shape index (κ2) is 13.4. The molecule has 6 heterocycles. The molecule has 252 valence electrons. The molecule has 0 bridgehead atoms. The van der Waals surface area contributed by atoms with Crippen molar-refractivity contribution >= 4 is 75.8 Å². The van der Waals surface area contributed by atoms with Crippen LogP contribution in [0, 0.1) is 53.7 Å². The van der Waals surface area contributed by atoms with Crippen LogP contribution in [0.1, 0.15) is 20.9 Å². The molecular formula is C41H14N10O2S2. The number of hydrogen-bond acceptors (Lipinski definition) is 11. The van der Waals surface area contributed by atoms with Crippen molar-refractivity contribution < 1.29 is 0 Å². The highest BCUT2D eigenvalue weighted by molar-refractivity contribution is 7.26. The lowest BCUT2D eigenvalue weighted by molar-refractivity contribution is 1.31. The van der Waals surface area contributed by atoms with Crippen LogP contribution in [-0.2, 0) is 0 Å². The maximum absolute atomic E-state index is 12.5. The van der Waals surface area contributed by atoms with Gasteiger partial charge in [0.1, 0.15) is 6.07 Å². The van der Waals surface area contributed by atoms with Crippen LogP contribution in [-0.4, -0.2) is 26.5 Å². The van der Waals surface area contributed by atoms with E-state index in [0.29, 0.717) is 53.7 Å². The minimum atomic E-state index is -0.0437. The molecule has 0 saturated heterocycles. The topological polar surface area (TPSA) is 170 Å². The number of thiophene rings is 2. The van der Waals surface area contributed by atoms with Gasteiger partial charge in [0.15, 0.2) is 0 Å². The molecule has 2 aliphatic carbocycles. The lowest BCUT2D eigenvalue weighted by Gasteiger charge is -2.03. The lowest BCUT2D eigenvalue weighted by atomic mass is 10.1. The molecule has 2 aromatic carbocycles. The van der Waals surface area contributed by atoms with Gasteiger partial charge in [-0.2, -0.15) is 5.26 Å². The first kappa shape index (κ1) is 33.9. The fraction of sp³-hybridized carbons (Fsp3) is 0.0244. The summed E-state index contributed by atoms with van der Waals surface area (Å²) in [6.07, 6.45) is 6.68. The van der Waals surface area contributed by atoms with Gasteiger partial charge < -0.3 is 4.85 Å². The Morgan fingerprint density at radius 2 is 1.07 bits per heavy atom. The van der Waals surface area contributed by atoms with Gasteiger partial charge in [0.05, 0.1) is 57.1 Å². The highest BCUT2D eigenvalue weighted by Gasteiger charge is 2.40. The number of hydrogen-bond donors (Lipinski definition) is 0. The molecule has 0 radical (unpaired) electrons. The average Bonchev–Trinajstić information content (AvgIpc) is 4.04. The minimum Gasteiger partial charge on any atom is -0.301 e. The largest absolute Gasteiger partial charge is 0.301 e. The van der Waals surface area contributed by atoms with Crippen molar-refractivity contribution in [3.63, 3.8) is 0 Å². The number of nitriles is 3. The van der Waals surface area contributed by atoms with Gasteiger partial charge in [0.2, 0.25) is 10.9 Å². The van der Waals surface area contributed by atoms with Crippen molar-refractivity contribution in [1.29, 1.82) is 15.8 Å². The van der Waals surface area contributed by atoms with Crippen LogP contribution in [0.5, 0.6) is 0 Å². The predicted molar refractivity (Wildman–Crippen MR) is 209 cm³/mol. The molecule has 55 heavy (non-hydrogen) atoms. The summed E-state index contributed by atoms with van der Waals surface area (Å²) in [5, 5.41) is 29.4. The summed E-state index contributed by atoms with van der Waals surface area (Å²) in [4.78, 5) is 53.7. The Balaban J connectivity index is 0.000000144. The van der Waals surface area contributed by atoms with Crippen molar-refractivity contribution in [3.8, 4) is 40.7 Å². The standard InChI is InChI=1S/C22H6N6S.C16H6N2O2S.C3H2N2/c1-25-13(9-23)15-11-5-3-7-27-19(11)17-18-20-12(6-4-8-28-20)16(14(10-24)26-2)22(18)29-21(15)17;19-13-7-3-1-5-17-11(7)9-10-12-8(4-2-6-18-12)14(20)16(10)21-15(9)13;1-5-3-2-4/h3-8H;1-6H;3H2/b15-13-,16-14+;;. The van der Waals surface area contributed by atoms with Crippen molar-refractivity contribution in [2.75, 3.05) is 6.54 Å². The van der Waals surface area contributed by atoms with Crippen molar-refractivity contribution in [3.05, 3.63) is 160 Å². The van der Waals surface area contributed by atoms with Crippen LogP contribution in [0.2, 0.25) is 0 Å². The molecule has 14 heteroatoms. The Bertz CT molecular complexity index is 3170. The molecule has 12 nitrogen and oxygen atoms in total. The van der Waals surface area contributed by atoms with Gasteiger partial charge in [-0.15, -0.1) is 22.7 Å². The zero-order valence-electron chi connectivity index (χ0n) is 27.7. The summed E-state index contributed by atoms with van der Waals surface area (Å²) in [5.41, 5.74) is 6.82. The summed E-state index contributed by atoms with van der Waals surface area (Å²) in [7, 11) is 0. The number of aromatic nitrogens is 4. The molecule has 0 atom stereocenters. The first-order chi connectivity index (χ1) is 26.9. The zero-order valence-corrected chi connectivity index (χ0v) is 29.4. The Morgan fingerprint density at radius 1 is 0.636 bits per heavy atom. The molecule has 0 unspecified atom stereocenters. The van der Waals surface area contributed by atoms with E-state index in [1.165, 1.54) is 22.7 Å². The number of fused-ring (bicyclic) bond motifs is 14. The molecule has 0 fully saturated rings. The number of pyridine rings is 4. The monoisotopic (exact) mass is 742 g/mol. The normalized spacial score (nSPS) is 13.3. The van der Waals surface area contributed by atoms with E-state index in [2.05, 4.69) is 34.5 Å². The fourth-order valence-corrected chi connectivity index (χ4v) is 9.53. The third-order valence-electron chi connectivity index (χ3n) is 8.95. The predicted octanol–water partition coefficient (Wildman–Crippen LogP) is 8.08. The summed E-state index contributed by atoms with van der Waals surface area (Å²) in [6.45, 7) is 20.9. The molecule has 6 aromatic heterocycles. The van der Waals surface area contributed by atoms with Gasteiger partial charge in [-0.3, -0.25) is 29.5 Å². The molecule has 0 aliphatic heterocycles. The van der Waals surface area contributed by atoms with Crippen molar-refractivity contribution in [2.45, 2.75) is 0 Å².